The quantitative estimate of drug-likeness (QED) is 0.0452. The average Bonchev–Trinajstić information content (AvgIpc) is 1.63. The molecule has 17 heterocycles. The molecule has 742 valence electrons. The number of methoxy groups -OCH3 is 1. The number of aryl methyl sites for hydroxylation is 3. The second-order valence-corrected chi connectivity index (χ2v) is 38.5. The monoisotopic (exact) mass is 1970 g/mol. The van der Waals surface area contributed by atoms with Crippen LogP contribution in [-0.4, -0.2) is 133 Å². The molecule has 6 aliphatic rings. The summed E-state index contributed by atoms with van der Waals surface area (Å²) in [5.74, 6) is 0.159. The van der Waals surface area contributed by atoms with E-state index < -0.39 is 5.92 Å². The highest BCUT2D eigenvalue weighted by Crippen LogP contribution is 2.51. The Kier molecular flexibility index (Phi) is 26.3. The highest BCUT2D eigenvalue weighted by Gasteiger charge is 2.38. The van der Waals surface area contributed by atoms with Gasteiger partial charge in [-0.2, -0.15) is 0 Å². The maximum Gasteiger partial charge on any atom is 0.307 e. The Morgan fingerprint density at radius 2 is 0.753 bits per heavy atom. The second-order valence-electron chi connectivity index (χ2n) is 38.5. The third-order valence-corrected chi connectivity index (χ3v) is 29.9. The number of carbonyl (C=O) groups is 3. The SMILES string of the molecule is CCC1Nc2ccccc2-c2ccnc3[nH]cc1c23.CCN(CC)CCOc1ccc(C2Nc3ccccc3-c3ccnc4[nH]cc2c34)cc1.CCc1ccc(C2Nc3ccccc3-c3ccnc4[nH]cc2c34)cc1.COC(=O)CC1Nc2ccccc2-c2ccnc3[nH]cc1c23.Cc1ccc(C2C(=O)Cc3ccccc3-c3ncnc4[nH]cc2c34)cc1.Cc1ccc(C2C(=O)N(C)c3ccccc3-c3ncnc4[nH]cc2c34)cc1. The van der Waals surface area contributed by atoms with E-state index in [9.17, 15) is 14.4 Å². The van der Waals surface area contributed by atoms with Gasteiger partial charge in [-0.25, -0.2) is 39.9 Å². The Morgan fingerprint density at radius 3 is 1.22 bits per heavy atom. The summed E-state index contributed by atoms with van der Waals surface area (Å²) in [6, 6.07) is 91.9. The van der Waals surface area contributed by atoms with Crippen LogP contribution >= 0.6 is 0 Å². The van der Waals surface area contributed by atoms with E-state index in [1.807, 2.05) is 160 Å². The number of para-hydroxylation sites is 5. The zero-order valence-corrected chi connectivity index (χ0v) is 84.5. The lowest BCUT2D eigenvalue weighted by molar-refractivity contribution is -0.141. The number of H-pyrrole nitrogens is 6. The van der Waals surface area contributed by atoms with Gasteiger partial charge < -0.3 is 70.4 Å². The topological polar surface area (TPSA) is 322 Å². The van der Waals surface area contributed by atoms with E-state index in [-0.39, 0.29) is 48.1 Å². The number of rotatable bonds is 14. The Bertz CT molecular complexity index is 8800. The minimum absolute atomic E-state index is 0.0294. The summed E-state index contributed by atoms with van der Waals surface area (Å²) < 4.78 is 10.8. The number of ether oxygens (including phenoxy) is 2. The molecule has 0 spiro atoms. The van der Waals surface area contributed by atoms with Crippen molar-refractivity contribution in [2.24, 2.45) is 0 Å². The molecule has 150 heavy (non-hydrogen) atoms. The van der Waals surface area contributed by atoms with Crippen molar-refractivity contribution in [2.75, 3.05) is 66.6 Å². The number of carbonyl (C=O) groups excluding carboxylic acids is 3. The number of esters is 1. The lowest BCUT2D eigenvalue weighted by atomic mass is 9.81. The molecule has 10 N–H and O–H groups in total. The molecule has 10 aromatic carbocycles. The first-order chi connectivity index (χ1) is 73.7. The highest BCUT2D eigenvalue weighted by atomic mass is 16.5. The molecule has 0 radical (unpaired) electrons. The number of aromatic nitrogens is 14. The largest absolute Gasteiger partial charge is 0.492 e. The summed E-state index contributed by atoms with van der Waals surface area (Å²) in [4.78, 5) is 98.3. The summed E-state index contributed by atoms with van der Waals surface area (Å²) in [7, 11) is 3.24. The molecule has 22 aromatic rings. The van der Waals surface area contributed by atoms with E-state index in [2.05, 4.69) is 307 Å². The standard InChI is InChI=1S/C26H28N4O.C22H18N4O.C22H17N3O.C22H19N3.C17H15N3O2.C16H15N3/c1-3-30(4-2)15-16-31-19-11-9-18(10-12-19)25-22-17-28-26-24(22)21(13-14-27-26)20-7-5-6-8-23(20)29-25;1-13-7-9-14(10-8-13)18-16-11-23-21-19(16)20(24-12-25-21)15-5-3-4-6-17(15)26(2)22(18)27;1-13-6-8-14(9-7-13)19-17-11-23-22-20(17)21(24-12-25-22)16-5-3-2-4-15(16)10-18(19)26;1-2-14-7-9-15(10-8-14)21-18-13-24-22-20(18)17(11-12-23-22)16-5-3-4-6-19(16)25-21;1-22-15(21)8-14-12-9-19-17-16(12)11(6-7-18-17)10-4-2-3-5-13(10)20-14;1-2-13-12-9-18-16-15(12)11(7-8-17-16)10-5-3-4-6-14(10)19-13/h5-14,17,25,29H,3-4,15-16H2,1-2H3,(H,27,28);3-12,18H,1-2H3,(H,23,24,25);2-9,11-12,19H,10H2,1H3,(H,23,24,25);3-13,21,25H,2H2,1H3,(H,23,24);2-7,9,14,20H,8H2,1H3,(H,18,19);3-9,13,19H,2H2,1H3,(H,17,18). The van der Waals surface area contributed by atoms with Gasteiger partial charge >= 0.3 is 5.97 Å². The Hall–Kier alpha value is -18.2. The van der Waals surface area contributed by atoms with Gasteiger partial charge in [0, 0.05) is 193 Å². The third kappa shape index (κ3) is 18.0. The van der Waals surface area contributed by atoms with Crippen LogP contribution < -0.4 is 30.9 Å². The van der Waals surface area contributed by atoms with E-state index in [0.717, 1.165) is 178 Å². The number of benzene rings is 10. The lowest BCUT2D eigenvalue weighted by Gasteiger charge is -2.28. The smallest absolute Gasteiger partial charge is 0.307 e. The van der Waals surface area contributed by atoms with Crippen LogP contribution in [-0.2, 0) is 32.0 Å². The van der Waals surface area contributed by atoms with Gasteiger partial charge in [-0.15, -0.1) is 0 Å². The minimum Gasteiger partial charge on any atom is -0.492 e. The fourth-order valence-electron chi connectivity index (χ4n) is 22.2. The van der Waals surface area contributed by atoms with E-state index in [4.69, 9.17) is 9.47 Å². The first kappa shape index (κ1) is 95.3. The molecule has 6 atom stereocenters. The van der Waals surface area contributed by atoms with Crippen LogP contribution in [0.5, 0.6) is 5.75 Å². The van der Waals surface area contributed by atoms with E-state index in [1.165, 1.54) is 107 Å². The number of pyridine rings is 4. The van der Waals surface area contributed by atoms with Crippen LogP contribution in [0.25, 0.3) is 133 Å². The molecule has 1 aliphatic carbocycles. The Labute approximate surface area is 867 Å². The van der Waals surface area contributed by atoms with Crippen LogP contribution in [0.3, 0.4) is 0 Å². The summed E-state index contributed by atoms with van der Waals surface area (Å²) >= 11 is 0. The van der Waals surface area contributed by atoms with Gasteiger partial charge in [0.15, 0.2) is 0 Å². The number of fused-ring (bicyclic) bond motifs is 12. The molecule has 28 rings (SSSR count). The number of nitrogens with zero attached hydrogens (tertiary/aromatic N) is 10. The van der Waals surface area contributed by atoms with Gasteiger partial charge in [-0.1, -0.05) is 239 Å². The molecule has 0 fully saturated rings. The molecular weight excluding hydrogens is 1860 g/mol. The van der Waals surface area contributed by atoms with Crippen molar-refractivity contribution in [3.05, 3.63) is 419 Å². The van der Waals surface area contributed by atoms with E-state index in [1.54, 1.807) is 23.8 Å². The number of amides is 1. The first-order valence-corrected chi connectivity index (χ1v) is 51.3. The third-order valence-electron chi connectivity index (χ3n) is 29.9. The number of aromatic amines is 6. The van der Waals surface area contributed by atoms with Crippen molar-refractivity contribution in [2.45, 2.75) is 103 Å². The minimum atomic E-state index is -0.414. The Balaban J connectivity index is 0.0000000991. The number of anilines is 5. The molecular formula is C125H112N20O5. The molecule has 6 unspecified atom stereocenters. The van der Waals surface area contributed by atoms with Crippen molar-refractivity contribution < 1.29 is 23.9 Å². The van der Waals surface area contributed by atoms with Crippen molar-refractivity contribution in [3.8, 4) is 72.8 Å². The van der Waals surface area contributed by atoms with Crippen LogP contribution in [0.1, 0.15) is 154 Å². The molecule has 5 aliphatic heterocycles. The molecule has 0 saturated carbocycles. The van der Waals surface area contributed by atoms with Gasteiger partial charge in [0.05, 0.1) is 66.6 Å². The van der Waals surface area contributed by atoms with Crippen molar-refractivity contribution in [3.63, 3.8) is 0 Å². The number of Topliss-reactive ketones (excluding diaryl/α,β-unsaturated/α-hetero) is 1. The fraction of sp³-hybridized carbons (Fsp3) is 0.176. The Morgan fingerprint density at radius 1 is 0.373 bits per heavy atom. The zero-order chi connectivity index (χ0) is 102. The van der Waals surface area contributed by atoms with Gasteiger partial charge in [-0.3, -0.25) is 14.4 Å². The van der Waals surface area contributed by atoms with Crippen molar-refractivity contribution >= 4 is 112 Å². The fourth-order valence-corrected chi connectivity index (χ4v) is 22.2. The summed E-state index contributed by atoms with van der Waals surface area (Å²) in [5, 5.41) is 21.2. The second kappa shape index (κ2) is 41.4. The van der Waals surface area contributed by atoms with Gasteiger partial charge in [0.2, 0.25) is 5.91 Å². The predicted octanol–water partition coefficient (Wildman–Crippen LogP) is 26.4. The number of hydrogen-bond acceptors (Lipinski definition) is 18. The lowest BCUT2D eigenvalue weighted by Crippen LogP contribution is -2.33. The predicted molar refractivity (Wildman–Crippen MR) is 599 cm³/mol. The molecule has 1 amide bonds. The molecule has 0 bridgehead atoms. The van der Waals surface area contributed by atoms with Crippen LogP contribution in [0.4, 0.5) is 28.4 Å². The van der Waals surface area contributed by atoms with E-state index >= 15 is 0 Å². The van der Waals surface area contributed by atoms with E-state index in [0.29, 0.717) is 19.1 Å². The van der Waals surface area contributed by atoms with Crippen LogP contribution in [0, 0.1) is 13.8 Å². The van der Waals surface area contributed by atoms with Gasteiger partial charge in [0.25, 0.3) is 0 Å². The maximum absolute atomic E-state index is 13.6. The van der Waals surface area contributed by atoms with Crippen molar-refractivity contribution in [1.82, 2.24) is 74.7 Å². The molecule has 0 saturated heterocycles. The molecule has 25 heteroatoms. The summed E-state index contributed by atoms with van der Waals surface area (Å²) in [6.07, 6.45) is 25.4. The molecule has 12 aromatic heterocycles. The zero-order valence-electron chi connectivity index (χ0n) is 84.5. The number of nitrogens with one attached hydrogen (secondary N) is 10. The van der Waals surface area contributed by atoms with Crippen LogP contribution in [0.15, 0.2) is 342 Å². The highest BCUT2D eigenvalue weighted by molar-refractivity contribution is 6.12. The summed E-state index contributed by atoms with van der Waals surface area (Å²) in [6.45, 7) is 16.6. The normalized spacial score (nSPS) is 15.8. The first-order valence-electron chi connectivity index (χ1n) is 51.3. The summed E-state index contributed by atoms with van der Waals surface area (Å²) in [5.41, 5.74) is 39.7. The average molecular weight is 1970 g/mol. The van der Waals surface area contributed by atoms with Gasteiger partial charge in [-0.05, 0) is 173 Å². The maximum atomic E-state index is 13.6. The number of ketones is 1. The number of likely N-dealkylation sites (N-methyl/N-ethyl adjacent to an activating group) is 2. The number of hydrogen-bond donors (Lipinski definition) is 10. The van der Waals surface area contributed by atoms with Gasteiger partial charge in [0.1, 0.15) is 64.7 Å². The van der Waals surface area contributed by atoms with Crippen LogP contribution in [0.2, 0.25) is 0 Å². The van der Waals surface area contributed by atoms with Crippen molar-refractivity contribution in [1.29, 1.82) is 0 Å². The molecule has 25 nitrogen and oxygen atoms in total.